The highest BCUT2D eigenvalue weighted by Crippen LogP contribution is 2.40. The maximum absolute atomic E-state index is 13.6. The van der Waals surface area contributed by atoms with Crippen molar-refractivity contribution >= 4 is 22.8 Å². The first kappa shape index (κ1) is 21.6. The Balaban J connectivity index is 1.45. The highest BCUT2D eigenvalue weighted by molar-refractivity contribution is 5.96. The average molecular weight is 447 g/mol. The Kier molecular flexibility index (Phi) is 5.39. The van der Waals surface area contributed by atoms with Crippen LogP contribution in [0.15, 0.2) is 52.9 Å². The van der Waals surface area contributed by atoms with E-state index in [1.54, 1.807) is 6.92 Å². The molecular weight excluding hydrogens is 416 g/mol. The van der Waals surface area contributed by atoms with Gasteiger partial charge in [-0.05, 0) is 56.9 Å². The number of carbonyl (C=O) groups excluding carboxylic acids is 2. The highest BCUT2D eigenvalue weighted by Gasteiger charge is 2.43. The summed E-state index contributed by atoms with van der Waals surface area (Å²) in [4.78, 5) is 29.2. The Labute approximate surface area is 194 Å². The summed E-state index contributed by atoms with van der Waals surface area (Å²) in [5, 5.41) is 0.937. The molecule has 0 saturated heterocycles. The van der Waals surface area contributed by atoms with Gasteiger partial charge in [0, 0.05) is 37.5 Å². The molecule has 2 amide bonds. The molecule has 5 rings (SSSR count). The molecule has 2 heterocycles. The fourth-order valence-corrected chi connectivity index (χ4v) is 5.21. The summed E-state index contributed by atoms with van der Waals surface area (Å²) >= 11 is 0. The molecule has 0 bridgehead atoms. The van der Waals surface area contributed by atoms with E-state index in [0.29, 0.717) is 18.8 Å². The topological polar surface area (TPSA) is 63.0 Å². The lowest BCUT2D eigenvalue weighted by Crippen LogP contribution is -2.52. The van der Waals surface area contributed by atoms with Gasteiger partial charge in [-0.25, -0.2) is 0 Å². The molecule has 1 aliphatic carbocycles. The molecule has 0 atom stereocenters. The summed E-state index contributed by atoms with van der Waals surface area (Å²) in [6.45, 7) is 4.61. The first-order valence-corrected chi connectivity index (χ1v) is 11.6. The monoisotopic (exact) mass is 446 g/mol. The van der Waals surface area contributed by atoms with Gasteiger partial charge in [-0.1, -0.05) is 29.8 Å². The average Bonchev–Trinajstić information content (AvgIpc) is 3.15. The number of furan rings is 1. The van der Waals surface area contributed by atoms with Crippen LogP contribution in [0.2, 0.25) is 0 Å². The lowest BCUT2D eigenvalue weighted by Gasteiger charge is -2.43. The normalized spacial score (nSPS) is 22.5. The minimum Gasteiger partial charge on any atom is -0.485 e. The predicted octanol–water partition coefficient (Wildman–Crippen LogP) is 4.94. The van der Waals surface area contributed by atoms with Gasteiger partial charge in [0.25, 0.3) is 5.91 Å². The number of hydrogen-bond acceptors (Lipinski definition) is 4. The van der Waals surface area contributed by atoms with E-state index in [9.17, 15) is 9.59 Å². The van der Waals surface area contributed by atoms with Gasteiger partial charge in [0.15, 0.2) is 5.76 Å². The van der Waals surface area contributed by atoms with E-state index in [1.165, 1.54) is 0 Å². The summed E-state index contributed by atoms with van der Waals surface area (Å²) in [5.41, 5.74) is 2.38. The van der Waals surface area contributed by atoms with Gasteiger partial charge >= 0.3 is 0 Å². The fraction of sp³-hybridized carbons (Fsp3) is 0.407. The van der Waals surface area contributed by atoms with Crippen molar-refractivity contribution in [3.63, 3.8) is 0 Å². The summed E-state index contributed by atoms with van der Waals surface area (Å²) in [5.74, 6) is 1.16. The Bertz CT molecular complexity index is 1210. The number of hydrogen-bond donors (Lipinski definition) is 0. The van der Waals surface area contributed by atoms with Gasteiger partial charge in [-0.15, -0.1) is 0 Å². The van der Waals surface area contributed by atoms with Crippen LogP contribution in [0.3, 0.4) is 0 Å². The van der Waals surface area contributed by atoms with Crippen molar-refractivity contribution in [2.45, 2.75) is 57.7 Å². The molecule has 1 fully saturated rings. The van der Waals surface area contributed by atoms with E-state index in [2.05, 4.69) is 0 Å². The summed E-state index contributed by atoms with van der Waals surface area (Å²) in [7, 11) is 1.87. The molecule has 0 N–H and O–H groups in total. The molecule has 1 saturated carbocycles. The van der Waals surface area contributed by atoms with Crippen molar-refractivity contribution in [1.29, 1.82) is 0 Å². The Morgan fingerprint density at radius 1 is 1.09 bits per heavy atom. The van der Waals surface area contributed by atoms with E-state index in [0.717, 1.165) is 53.5 Å². The van der Waals surface area contributed by atoms with Crippen molar-refractivity contribution < 1.29 is 18.7 Å². The fourth-order valence-electron chi connectivity index (χ4n) is 5.21. The molecule has 6 nitrogen and oxygen atoms in total. The predicted molar refractivity (Wildman–Crippen MR) is 126 cm³/mol. The molecular formula is C27H30N2O4. The molecule has 1 aliphatic heterocycles. The first-order chi connectivity index (χ1) is 15.8. The van der Waals surface area contributed by atoms with Crippen LogP contribution in [0.1, 0.15) is 54.3 Å². The second kappa shape index (κ2) is 8.25. The van der Waals surface area contributed by atoms with E-state index in [-0.39, 0.29) is 17.9 Å². The van der Waals surface area contributed by atoms with Crippen LogP contribution < -0.4 is 4.74 Å². The smallest absolute Gasteiger partial charge is 0.290 e. The summed E-state index contributed by atoms with van der Waals surface area (Å²) in [6, 6.07) is 15.9. The Hall–Kier alpha value is -3.28. The molecule has 2 aromatic carbocycles. The number of benzene rings is 2. The second-order valence-electron chi connectivity index (χ2n) is 9.57. The molecule has 1 aromatic heterocycles. The molecule has 0 radical (unpaired) electrons. The van der Waals surface area contributed by atoms with Crippen LogP contribution in [0.25, 0.3) is 11.0 Å². The number of carbonyl (C=O) groups is 2. The minimum atomic E-state index is -0.473. The first-order valence-electron chi connectivity index (χ1n) is 11.6. The van der Waals surface area contributed by atoms with E-state index < -0.39 is 5.60 Å². The maximum Gasteiger partial charge on any atom is 0.290 e. The number of aryl methyl sites for hydroxylation is 1. The highest BCUT2D eigenvalue weighted by atomic mass is 16.5. The second-order valence-corrected chi connectivity index (χ2v) is 9.57. The Morgan fingerprint density at radius 2 is 1.85 bits per heavy atom. The number of nitrogens with zero attached hydrogens (tertiary/aromatic N) is 2. The van der Waals surface area contributed by atoms with Crippen LogP contribution in [-0.4, -0.2) is 46.8 Å². The molecule has 6 heteroatoms. The number of ether oxygens (including phenoxy) is 1. The van der Waals surface area contributed by atoms with Gasteiger partial charge in [0.2, 0.25) is 5.91 Å². The molecule has 3 aromatic rings. The number of para-hydroxylation sites is 1. The third-order valence-corrected chi connectivity index (χ3v) is 7.22. The van der Waals surface area contributed by atoms with Crippen molar-refractivity contribution in [3.05, 3.63) is 65.4 Å². The molecule has 33 heavy (non-hydrogen) atoms. The van der Waals surface area contributed by atoms with Gasteiger partial charge in [0.05, 0.1) is 6.54 Å². The quantitative estimate of drug-likeness (QED) is 0.560. The van der Waals surface area contributed by atoms with E-state index in [4.69, 9.17) is 9.15 Å². The standard InChI is InChI=1S/C27H30N2O4/c1-18-8-9-23-21(14-18)15-25(32-23)26(31)29-16-20-6-4-5-7-24(20)33-27(17-29)12-10-22(11-13-27)28(3)19(2)30/h4-9,14-15,22H,10-13,16-17H2,1-3H3. The van der Waals surface area contributed by atoms with Crippen molar-refractivity contribution in [2.24, 2.45) is 0 Å². The third kappa shape index (κ3) is 4.10. The lowest BCUT2D eigenvalue weighted by molar-refractivity contribution is -0.131. The number of amides is 2. The molecule has 1 spiro atoms. The summed E-state index contributed by atoms with van der Waals surface area (Å²) < 4.78 is 12.6. The van der Waals surface area contributed by atoms with Crippen molar-refractivity contribution in [1.82, 2.24) is 9.80 Å². The largest absolute Gasteiger partial charge is 0.485 e. The van der Waals surface area contributed by atoms with E-state index in [1.807, 2.05) is 72.3 Å². The van der Waals surface area contributed by atoms with E-state index >= 15 is 0 Å². The number of fused-ring (bicyclic) bond motifs is 2. The lowest BCUT2D eigenvalue weighted by atomic mass is 9.81. The van der Waals surface area contributed by atoms with Gasteiger partial charge < -0.3 is 19.0 Å². The van der Waals surface area contributed by atoms with Crippen LogP contribution in [0, 0.1) is 6.92 Å². The zero-order valence-electron chi connectivity index (χ0n) is 19.5. The van der Waals surface area contributed by atoms with Gasteiger partial charge in [-0.3, -0.25) is 9.59 Å². The zero-order valence-corrected chi connectivity index (χ0v) is 19.5. The molecule has 0 unspecified atom stereocenters. The zero-order chi connectivity index (χ0) is 23.2. The SMILES string of the molecule is CC(=O)N(C)C1CCC2(CC1)CN(C(=O)c1cc3cc(C)ccc3o1)Cc1ccccc1O2. The summed E-state index contributed by atoms with van der Waals surface area (Å²) in [6.07, 6.45) is 3.27. The molecule has 2 aliphatic rings. The van der Waals surface area contributed by atoms with Crippen molar-refractivity contribution in [3.8, 4) is 5.75 Å². The van der Waals surface area contributed by atoms with Gasteiger partial charge in [-0.2, -0.15) is 0 Å². The molecule has 172 valence electrons. The minimum absolute atomic E-state index is 0.0833. The Morgan fingerprint density at radius 3 is 2.61 bits per heavy atom. The van der Waals surface area contributed by atoms with Crippen molar-refractivity contribution in [2.75, 3.05) is 13.6 Å². The van der Waals surface area contributed by atoms with Crippen LogP contribution in [0.4, 0.5) is 0 Å². The van der Waals surface area contributed by atoms with Crippen LogP contribution >= 0.6 is 0 Å². The maximum atomic E-state index is 13.6. The van der Waals surface area contributed by atoms with Crippen LogP contribution in [0.5, 0.6) is 5.75 Å². The third-order valence-electron chi connectivity index (χ3n) is 7.22. The van der Waals surface area contributed by atoms with Crippen LogP contribution in [-0.2, 0) is 11.3 Å². The number of rotatable bonds is 2. The van der Waals surface area contributed by atoms with Gasteiger partial charge in [0.1, 0.15) is 16.9 Å².